The Hall–Kier alpha value is -2.10. The van der Waals surface area contributed by atoms with E-state index in [0.717, 1.165) is 0 Å². The fourth-order valence-corrected chi connectivity index (χ4v) is 1.53. The molecule has 0 spiro atoms. The molecular weight excluding hydrogens is 221 g/mol. The first-order chi connectivity index (χ1) is 8.18. The van der Waals surface area contributed by atoms with Gasteiger partial charge in [-0.1, -0.05) is 12.1 Å². The summed E-state index contributed by atoms with van der Waals surface area (Å²) in [5.41, 5.74) is 0.0332. The molecule has 0 aliphatic rings. The van der Waals surface area contributed by atoms with E-state index in [1.165, 1.54) is 18.4 Å². The molecule has 0 saturated heterocycles. The van der Waals surface area contributed by atoms with Crippen molar-refractivity contribution in [3.05, 3.63) is 59.8 Å². The number of carbonyl (C=O) groups is 1. The van der Waals surface area contributed by atoms with Gasteiger partial charge in [-0.05, 0) is 31.2 Å². The molecule has 0 aliphatic heterocycles. The minimum absolute atomic E-state index is 0.0332. The van der Waals surface area contributed by atoms with Crippen LogP contribution in [0, 0.1) is 5.82 Å². The maximum Gasteiger partial charge on any atom is 0.254 e. The van der Waals surface area contributed by atoms with E-state index in [1.807, 2.05) is 0 Å². The van der Waals surface area contributed by atoms with E-state index >= 15 is 0 Å². The van der Waals surface area contributed by atoms with Gasteiger partial charge in [0, 0.05) is 0 Å². The molecule has 3 nitrogen and oxygen atoms in total. The van der Waals surface area contributed by atoms with Crippen molar-refractivity contribution in [1.82, 2.24) is 5.32 Å². The van der Waals surface area contributed by atoms with Crippen molar-refractivity contribution in [1.29, 1.82) is 0 Å². The highest BCUT2D eigenvalue weighted by Crippen LogP contribution is 2.14. The lowest BCUT2D eigenvalue weighted by Gasteiger charge is -2.11. The van der Waals surface area contributed by atoms with Crippen LogP contribution in [-0.2, 0) is 0 Å². The standard InChI is InChI=1S/C13H12FNO2/c1-9(12-7-4-8-17-12)15-13(16)10-5-2-3-6-11(10)14/h2-9H,1H3,(H,15,16)/t9-/m1/s1. The second-order valence-electron chi connectivity index (χ2n) is 3.69. The third-order valence-electron chi connectivity index (χ3n) is 2.44. The molecule has 1 heterocycles. The van der Waals surface area contributed by atoms with Crippen LogP contribution in [0.4, 0.5) is 4.39 Å². The van der Waals surface area contributed by atoms with E-state index < -0.39 is 11.7 Å². The lowest BCUT2D eigenvalue weighted by molar-refractivity contribution is 0.0931. The quantitative estimate of drug-likeness (QED) is 0.885. The van der Waals surface area contributed by atoms with Crippen molar-refractivity contribution in [3.63, 3.8) is 0 Å². The van der Waals surface area contributed by atoms with E-state index in [1.54, 1.807) is 31.2 Å². The zero-order chi connectivity index (χ0) is 12.3. The maximum atomic E-state index is 13.3. The van der Waals surface area contributed by atoms with Gasteiger partial charge in [-0.3, -0.25) is 4.79 Å². The summed E-state index contributed by atoms with van der Waals surface area (Å²) < 4.78 is 18.5. The molecule has 2 aromatic rings. The average molecular weight is 233 g/mol. The Balaban J connectivity index is 2.10. The summed E-state index contributed by atoms with van der Waals surface area (Å²) in [5.74, 6) is -0.349. The summed E-state index contributed by atoms with van der Waals surface area (Å²) in [5, 5.41) is 2.67. The average Bonchev–Trinajstić information content (AvgIpc) is 2.82. The van der Waals surface area contributed by atoms with Crippen LogP contribution in [0.15, 0.2) is 47.1 Å². The molecule has 1 amide bonds. The number of halogens is 1. The zero-order valence-electron chi connectivity index (χ0n) is 9.31. The molecule has 0 radical (unpaired) electrons. The SMILES string of the molecule is C[C@@H](NC(=O)c1ccccc1F)c1ccco1. The van der Waals surface area contributed by atoms with E-state index in [-0.39, 0.29) is 11.6 Å². The second kappa shape index (κ2) is 4.82. The number of hydrogen-bond donors (Lipinski definition) is 1. The van der Waals surface area contributed by atoms with E-state index in [9.17, 15) is 9.18 Å². The Morgan fingerprint density at radius 2 is 2.06 bits per heavy atom. The molecular formula is C13H12FNO2. The number of benzene rings is 1. The second-order valence-corrected chi connectivity index (χ2v) is 3.69. The van der Waals surface area contributed by atoms with Crippen LogP contribution >= 0.6 is 0 Å². The fourth-order valence-electron chi connectivity index (χ4n) is 1.53. The molecule has 0 unspecified atom stereocenters. The zero-order valence-corrected chi connectivity index (χ0v) is 9.31. The van der Waals surface area contributed by atoms with Crippen LogP contribution in [0.5, 0.6) is 0 Å². The predicted octanol–water partition coefficient (Wildman–Crippen LogP) is 2.91. The number of rotatable bonds is 3. The first-order valence-corrected chi connectivity index (χ1v) is 5.27. The molecule has 1 N–H and O–H groups in total. The Morgan fingerprint density at radius 3 is 2.71 bits per heavy atom. The molecule has 4 heteroatoms. The Morgan fingerprint density at radius 1 is 1.29 bits per heavy atom. The highest BCUT2D eigenvalue weighted by molar-refractivity contribution is 5.94. The first kappa shape index (κ1) is 11.4. The summed E-state index contributed by atoms with van der Waals surface area (Å²) in [6, 6.07) is 9.06. The minimum atomic E-state index is -0.531. The molecule has 2 rings (SSSR count). The number of nitrogens with one attached hydrogen (secondary N) is 1. The molecule has 88 valence electrons. The highest BCUT2D eigenvalue weighted by atomic mass is 19.1. The van der Waals surface area contributed by atoms with Gasteiger partial charge in [0.15, 0.2) is 0 Å². The molecule has 0 saturated carbocycles. The molecule has 17 heavy (non-hydrogen) atoms. The normalized spacial score (nSPS) is 12.1. The third-order valence-corrected chi connectivity index (χ3v) is 2.44. The number of hydrogen-bond acceptors (Lipinski definition) is 2. The van der Waals surface area contributed by atoms with Crippen molar-refractivity contribution in [2.75, 3.05) is 0 Å². The molecule has 1 aromatic carbocycles. The highest BCUT2D eigenvalue weighted by Gasteiger charge is 2.15. The van der Waals surface area contributed by atoms with E-state index in [2.05, 4.69) is 5.32 Å². The first-order valence-electron chi connectivity index (χ1n) is 5.27. The minimum Gasteiger partial charge on any atom is -0.467 e. The fraction of sp³-hybridized carbons (Fsp3) is 0.154. The van der Waals surface area contributed by atoms with Gasteiger partial charge in [0.2, 0.25) is 0 Å². The van der Waals surface area contributed by atoms with Crippen LogP contribution in [0.1, 0.15) is 29.1 Å². The van der Waals surface area contributed by atoms with Crippen molar-refractivity contribution in [2.45, 2.75) is 13.0 Å². The topological polar surface area (TPSA) is 42.2 Å². The van der Waals surface area contributed by atoms with Crippen LogP contribution in [0.2, 0.25) is 0 Å². The summed E-state index contributed by atoms with van der Waals surface area (Å²) in [7, 11) is 0. The maximum absolute atomic E-state index is 13.3. The van der Waals surface area contributed by atoms with Gasteiger partial charge in [-0.25, -0.2) is 4.39 Å². The summed E-state index contributed by atoms with van der Waals surface area (Å²) in [6.45, 7) is 1.78. The van der Waals surface area contributed by atoms with Crippen molar-refractivity contribution >= 4 is 5.91 Å². The molecule has 0 bridgehead atoms. The lowest BCUT2D eigenvalue weighted by Crippen LogP contribution is -2.27. The van der Waals surface area contributed by atoms with Gasteiger partial charge >= 0.3 is 0 Å². The Bertz CT molecular complexity index is 508. The van der Waals surface area contributed by atoms with Crippen molar-refractivity contribution in [3.8, 4) is 0 Å². The predicted molar refractivity (Wildman–Crippen MR) is 61.0 cm³/mol. The number of amides is 1. The molecule has 1 atom stereocenters. The summed E-state index contributed by atoms with van der Waals surface area (Å²) in [4.78, 5) is 11.8. The van der Waals surface area contributed by atoms with Gasteiger partial charge in [0.25, 0.3) is 5.91 Å². The van der Waals surface area contributed by atoms with Crippen molar-refractivity contribution < 1.29 is 13.6 Å². The molecule has 0 fully saturated rings. The molecule has 1 aromatic heterocycles. The Kier molecular flexibility index (Phi) is 3.23. The number of carbonyl (C=O) groups excluding carboxylic acids is 1. The van der Waals surface area contributed by atoms with Gasteiger partial charge in [-0.2, -0.15) is 0 Å². The van der Waals surface area contributed by atoms with Gasteiger partial charge in [0.1, 0.15) is 11.6 Å². The van der Waals surface area contributed by atoms with E-state index in [0.29, 0.717) is 5.76 Å². The van der Waals surface area contributed by atoms with Crippen LogP contribution < -0.4 is 5.32 Å². The van der Waals surface area contributed by atoms with Gasteiger partial charge in [0.05, 0.1) is 17.9 Å². The summed E-state index contributed by atoms with van der Waals surface area (Å²) >= 11 is 0. The Labute approximate surface area is 98.3 Å². The smallest absolute Gasteiger partial charge is 0.254 e. The van der Waals surface area contributed by atoms with Crippen LogP contribution in [0.3, 0.4) is 0 Å². The molecule has 0 aliphatic carbocycles. The van der Waals surface area contributed by atoms with Crippen LogP contribution in [-0.4, -0.2) is 5.91 Å². The van der Waals surface area contributed by atoms with Crippen LogP contribution in [0.25, 0.3) is 0 Å². The summed E-state index contributed by atoms with van der Waals surface area (Å²) in [6.07, 6.45) is 1.53. The van der Waals surface area contributed by atoms with Gasteiger partial charge < -0.3 is 9.73 Å². The van der Waals surface area contributed by atoms with E-state index in [4.69, 9.17) is 4.42 Å². The lowest BCUT2D eigenvalue weighted by atomic mass is 10.1. The monoisotopic (exact) mass is 233 g/mol. The third kappa shape index (κ3) is 2.53. The van der Waals surface area contributed by atoms with Gasteiger partial charge in [-0.15, -0.1) is 0 Å². The largest absolute Gasteiger partial charge is 0.467 e. The number of furan rings is 1. The van der Waals surface area contributed by atoms with Crippen molar-refractivity contribution in [2.24, 2.45) is 0 Å².